The minimum absolute atomic E-state index is 0.131. The lowest BCUT2D eigenvalue weighted by atomic mass is 10.2. The quantitative estimate of drug-likeness (QED) is 0.707. The van der Waals surface area contributed by atoms with E-state index in [0.717, 1.165) is 30.2 Å². The van der Waals surface area contributed by atoms with Crippen LogP contribution < -0.4 is 11.4 Å². The van der Waals surface area contributed by atoms with Gasteiger partial charge in [0.15, 0.2) is 5.16 Å². The van der Waals surface area contributed by atoms with E-state index in [4.69, 9.17) is 5.73 Å². The lowest BCUT2D eigenvalue weighted by Crippen LogP contribution is -2.23. The Morgan fingerprint density at radius 1 is 1.50 bits per heavy atom. The van der Waals surface area contributed by atoms with Gasteiger partial charge in [0.2, 0.25) is 0 Å². The predicted molar refractivity (Wildman–Crippen MR) is 66.7 cm³/mol. The van der Waals surface area contributed by atoms with Crippen molar-refractivity contribution in [1.29, 1.82) is 0 Å². The Hall–Kier alpha value is -0.750. The van der Waals surface area contributed by atoms with E-state index in [9.17, 15) is 4.79 Å². The normalized spacial score (nSPS) is 12.9. The molecule has 0 aliphatic heterocycles. The molecule has 16 heavy (non-hydrogen) atoms. The summed E-state index contributed by atoms with van der Waals surface area (Å²) in [6.45, 7) is 4.86. The minimum Gasteiger partial charge on any atom is -0.327 e. The summed E-state index contributed by atoms with van der Waals surface area (Å²) in [5, 5.41) is 7.22. The molecule has 1 unspecified atom stereocenters. The first-order valence-corrected chi connectivity index (χ1v) is 6.71. The van der Waals surface area contributed by atoms with Crippen molar-refractivity contribution in [3.05, 3.63) is 10.5 Å². The van der Waals surface area contributed by atoms with Crippen LogP contribution in [0.4, 0.5) is 0 Å². The van der Waals surface area contributed by atoms with Gasteiger partial charge in [-0.3, -0.25) is 4.57 Å². The molecular weight excluding hydrogens is 224 g/mol. The first-order valence-electron chi connectivity index (χ1n) is 5.72. The average Bonchev–Trinajstić information content (AvgIpc) is 2.59. The van der Waals surface area contributed by atoms with E-state index in [2.05, 4.69) is 17.1 Å². The molecule has 1 heterocycles. The molecule has 6 heteroatoms. The van der Waals surface area contributed by atoms with Gasteiger partial charge in [-0.25, -0.2) is 9.89 Å². The van der Waals surface area contributed by atoms with E-state index >= 15 is 0 Å². The topological polar surface area (TPSA) is 76.7 Å². The second-order valence-electron chi connectivity index (χ2n) is 3.82. The summed E-state index contributed by atoms with van der Waals surface area (Å²) in [4.78, 5) is 11.4. The Morgan fingerprint density at radius 2 is 2.25 bits per heavy atom. The molecule has 1 rings (SSSR count). The van der Waals surface area contributed by atoms with Gasteiger partial charge in [-0.05, 0) is 12.8 Å². The van der Waals surface area contributed by atoms with Crippen LogP contribution in [-0.4, -0.2) is 26.6 Å². The van der Waals surface area contributed by atoms with Gasteiger partial charge in [0.25, 0.3) is 0 Å². The van der Waals surface area contributed by atoms with Crippen LogP contribution in [0, 0.1) is 0 Å². The SMILES string of the molecule is CCCC(N)CSc1n[nH]c(=O)n1CCC. The van der Waals surface area contributed by atoms with E-state index in [0.29, 0.717) is 6.54 Å². The van der Waals surface area contributed by atoms with Gasteiger partial charge in [0, 0.05) is 18.3 Å². The van der Waals surface area contributed by atoms with Crippen LogP contribution in [0.25, 0.3) is 0 Å². The van der Waals surface area contributed by atoms with Crippen molar-refractivity contribution in [3.63, 3.8) is 0 Å². The van der Waals surface area contributed by atoms with Crippen LogP contribution in [0.15, 0.2) is 9.95 Å². The van der Waals surface area contributed by atoms with Crippen LogP contribution in [-0.2, 0) is 6.54 Å². The molecule has 0 spiro atoms. The molecule has 0 bridgehead atoms. The highest BCUT2D eigenvalue weighted by Crippen LogP contribution is 2.15. The predicted octanol–water partition coefficient (Wildman–Crippen LogP) is 1.20. The fraction of sp³-hybridized carbons (Fsp3) is 0.800. The zero-order valence-corrected chi connectivity index (χ0v) is 10.7. The number of rotatable bonds is 7. The van der Waals surface area contributed by atoms with Crippen LogP contribution in [0.1, 0.15) is 33.1 Å². The maximum atomic E-state index is 11.4. The summed E-state index contributed by atoms with van der Waals surface area (Å²) in [5.74, 6) is 0.807. The molecule has 0 aromatic carbocycles. The number of nitrogens with one attached hydrogen (secondary N) is 1. The summed E-state index contributed by atoms with van der Waals surface area (Å²) in [7, 11) is 0. The number of aromatic nitrogens is 3. The Kier molecular flexibility index (Phi) is 5.62. The van der Waals surface area contributed by atoms with Crippen LogP contribution in [0.5, 0.6) is 0 Å². The molecule has 1 aromatic rings. The third-order valence-corrected chi connectivity index (χ3v) is 3.42. The summed E-state index contributed by atoms with van der Waals surface area (Å²) >= 11 is 1.55. The number of thioether (sulfide) groups is 1. The molecule has 3 N–H and O–H groups in total. The molecule has 1 aromatic heterocycles. The molecule has 0 saturated heterocycles. The molecular formula is C10H20N4OS. The number of hydrogen-bond donors (Lipinski definition) is 2. The van der Waals surface area contributed by atoms with E-state index in [1.165, 1.54) is 0 Å². The number of nitrogens with zero attached hydrogens (tertiary/aromatic N) is 2. The molecule has 92 valence electrons. The second-order valence-corrected chi connectivity index (χ2v) is 4.81. The molecule has 0 saturated carbocycles. The molecule has 0 aliphatic rings. The third kappa shape index (κ3) is 3.68. The van der Waals surface area contributed by atoms with E-state index in [-0.39, 0.29) is 11.7 Å². The fourth-order valence-electron chi connectivity index (χ4n) is 1.47. The first kappa shape index (κ1) is 13.3. The highest BCUT2D eigenvalue weighted by Gasteiger charge is 2.09. The number of aromatic amines is 1. The van der Waals surface area contributed by atoms with Gasteiger partial charge in [0.05, 0.1) is 0 Å². The number of nitrogens with two attached hydrogens (primary N) is 1. The van der Waals surface area contributed by atoms with Crippen molar-refractivity contribution in [2.75, 3.05) is 5.75 Å². The summed E-state index contributed by atoms with van der Waals surface area (Å²) in [6.07, 6.45) is 3.02. The van der Waals surface area contributed by atoms with Crippen molar-refractivity contribution < 1.29 is 0 Å². The maximum Gasteiger partial charge on any atom is 0.343 e. The van der Waals surface area contributed by atoms with Gasteiger partial charge >= 0.3 is 5.69 Å². The van der Waals surface area contributed by atoms with Crippen molar-refractivity contribution in [2.24, 2.45) is 5.73 Å². The van der Waals surface area contributed by atoms with Gasteiger partial charge in [0.1, 0.15) is 0 Å². The zero-order chi connectivity index (χ0) is 12.0. The van der Waals surface area contributed by atoms with Gasteiger partial charge < -0.3 is 5.73 Å². The standard InChI is InChI=1S/C10H20N4OS/c1-3-5-8(11)7-16-10-13-12-9(15)14(10)6-4-2/h8H,3-7,11H2,1-2H3,(H,12,15). The Morgan fingerprint density at radius 3 is 2.88 bits per heavy atom. The highest BCUT2D eigenvalue weighted by molar-refractivity contribution is 7.99. The van der Waals surface area contributed by atoms with Crippen LogP contribution in [0.3, 0.4) is 0 Å². The van der Waals surface area contributed by atoms with Crippen molar-refractivity contribution in [3.8, 4) is 0 Å². The van der Waals surface area contributed by atoms with E-state index < -0.39 is 0 Å². The van der Waals surface area contributed by atoms with Crippen molar-refractivity contribution >= 4 is 11.8 Å². The van der Waals surface area contributed by atoms with Crippen molar-refractivity contribution in [1.82, 2.24) is 14.8 Å². The monoisotopic (exact) mass is 244 g/mol. The average molecular weight is 244 g/mol. The van der Waals surface area contributed by atoms with Crippen molar-refractivity contribution in [2.45, 2.75) is 50.9 Å². The van der Waals surface area contributed by atoms with Crippen LogP contribution in [0.2, 0.25) is 0 Å². The summed E-state index contributed by atoms with van der Waals surface area (Å²) in [5.41, 5.74) is 5.79. The molecule has 0 aliphatic carbocycles. The van der Waals surface area contributed by atoms with Crippen LogP contribution >= 0.6 is 11.8 Å². The largest absolute Gasteiger partial charge is 0.343 e. The van der Waals surface area contributed by atoms with Gasteiger partial charge in [-0.15, -0.1) is 5.10 Å². The Labute approximate surface area is 99.8 Å². The Bertz CT molecular complexity index is 360. The molecule has 0 radical (unpaired) electrons. The van der Waals surface area contributed by atoms with Gasteiger partial charge in [-0.1, -0.05) is 32.0 Å². The number of hydrogen-bond acceptors (Lipinski definition) is 4. The summed E-state index contributed by atoms with van der Waals surface area (Å²) < 4.78 is 1.67. The van der Waals surface area contributed by atoms with E-state index in [1.54, 1.807) is 16.3 Å². The highest BCUT2D eigenvalue weighted by atomic mass is 32.2. The first-order chi connectivity index (χ1) is 7.69. The third-order valence-electron chi connectivity index (χ3n) is 2.26. The fourth-order valence-corrected chi connectivity index (χ4v) is 2.44. The lowest BCUT2D eigenvalue weighted by Gasteiger charge is -2.09. The van der Waals surface area contributed by atoms with E-state index in [1.807, 2.05) is 6.92 Å². The molecule has 1 atom stereocenters. The maximum absolute atomic E-state index is 11.4. The molecule has 0 fully saturated rings. The second kappa shape index (κ2) is 6.75. The number of H-pyrrole nitrogens is 1. The smallest absolute Gasteiger partial charge is 0.327 e. The summed E-state index contributed by atoms with van der Waals surface area (Å²) in [6, 6.07) is 0.178. The Balaban J connectivity index is 2.56. The minimum atomic E-state index is -0.131. The molecule has 5 nitrogen and oxygen atoms in total. The zero-order valence-electron chi connectivity index (χ0n) is 9.90. The molecule has 0 amide bonds. The van der Waals surface area contributed by atoms with Gasteiger partial charge in [-0.2, -0.15) is 0 Å². The lowest BCUT2D eigenvalue weighted by molar-refractivity contribution is 0.601.